The van der Waals surface area contributed by atoms with Crippen LogP contribution in [0.2, 0.25) is 10.0 Å². The summed E-state index contributed by atoms with van der Waals surface area (Å²) in [5.41, 5.74) is 0.902. The van der Waals surface area contributed by atoms with Gasteiger partial charge in [0.05, 0.1) is 6.54 Å². The van der Waals surface area contributed by atoms with Crippen molar-refractivity contribution in [3.05, 3.63) is 33.8 Å². The minimum Gasteiger partial charge on any atom is -0.355 e. The third-order valence-electron chi connectivity index (χ3n) is 2.67. The molecule has 0 fully saturated rings. The smallest absolute Gasteiger partial charge is 0.239 e. The Kier molecular flexibility index (Phi) is 11.4. The molecule has 0 aliphatic rings. The first-order valence-electron chi connectivity index (χ1n) is 6.72. The lowest BCUT2D eigenvalue weighted by molar-refractivity contribution is -0.120. The van der Waals surface area contributed by atoms with Crippen molar-refractivity contribution in [1.29, 1.82) is 0 Å². The fourth-order valence-corrected chi connectivity index (χ4v) is 2.03. The van der Waals surface area contributed by atoms with E-state index in [1.165, 1.54) is 0 Å². The van der Waals surface area contributed by atoms with E-state index in [0.717, 1.165) is 12.0 Å². The van der Waals surface area contributed by atoms with Gasteiger partial charge in [-0.25, -0.2) is 0 Å². The molecule has 0 bridgehead atoms. The molecular formula is C14H21Cl2IN4O. The SMILES string of the molecule is CCCNC(=O)CNC(=NC)NCc1ccc(Cl)cc1Cl.I. The molecule has 0 aromatic heterocycles. The number of aliphatic imine (C=N–C) groups is 1. The average Bonchev–Trinajstić information content (AvgIpc) is 2.47. The predicted molar refractivity (Wildman–Crippen MR) is 103 cm³/mol. The van der Waals surface area contributed by atoms with Gasteiger partial charge in [-0.05, 0) is 24.1 Å². The number of hydrogen-bond acceptors (Lipinski definition) is 2. The van der Waals surface area contributed by atoms with E-state index in [0.29, 0.717) is 29.1 Å². The highest BCUT2D eigenvalue weighted by molar-refractivity contribution is 14.0. The maximum atomic E-state index is 11.5. The largest absolute Gasteiger partial charge is 0.355 e. The second kappa shape index (κ2) is 11.8. The molecule has 1 aromatic rings. The van der Waals surface area contributed by atoms with E-state index in [1.807, 2.05) is 13.0 Å². The van der Waals surface area contributed by atoms with Crippen LogP contribution in [0.1, 0.15) is 18.9 Å². The molecule has 1 rings (SSSR count). The summed E-state index contributed by atoms with van der Waals surface area (Å²) in [4.78, 5) is 15.5. The van der Waals surface area contributed by atoms with Crippen LogP contribution in [-0.2, 0) is 11.3 Å². The normalized spacial score (nSPS) is 10.6. The lowest BCUT2D eigenvalue weighted by Crippen LogP contribution is -2.43. The highest BCUT2D eigenvalue weighted by Crippen LogP contribution is 2.20. The van der Waals surface area contributed by atoms with Crippen LogP contribution in [0, 0.1) is 0 Å². The molecule has 124 valence electrons. The highest BCUT2D eigenvalue weighted by atomic mass is 127. The molecule has 0 saturated heterocycles. The van der Waals surface area contributed by atoms with Crippen LogP contribution >= 0.6 is 47.2 Å². The topological polar surface area (TPSA) is 65.5 Å². The molecule has 0 saturated carbocycles. The van der Waals surface area contributed by atoms with Gasteiger partial charge in [-0.15, -0.1) is 24.0 Å². The van der Waals surface area contributed by atoms with Crippen LogP contribution in [0.15, 0.2) is 23.2 Å². The number of nitrogens with one attached hydrogen (secondary N) is 3. The maximum absolute atomic E-state index is 11.5. The third-order valence-corrected chi connectivity index (χ3v) is 3.26. The molecule has 1 amide bonds. The summed E-state index contributed by atoms with van der Waals surface area (Å²) in [6.07, 6.45) is 0.910. The van der Waals surface area contributed by atoms with Gasteiger partial charge in [0.25, 0.3) is 0 Å². The Hall–Kier alpha value is -0.730. The van der Waals surface area contributed by atoms with Crippen LogP contribution in [0.4, 0.5) is 0 Å². The Morgan fingerprint density at radius 2 is 1.95 bits per heavy atom. The van der Waals surface area contributed by atoms with E-state index < -0.39 is 0 Å². The van der Waals surface area contributed by atoms with Crippen LogP contribution in [-0.4, -0.2) is 32.0 Å². The summed E-state index contributed by atoms with van der Waals surface area (Å²) in [6, 6.07) is 5.31. The second-order valence-electron chi connectivity index (χ2n) is 4.37. The molecular weight excluding hydrogens is 438 g/mol. The number of nitrogens with zero attached hydrogens (tertiary/aromatic N) is 1. The van der Waals surface area contributed by atoms with Crippen molar-refractivity contribution in [2.45, 2.75) is 19.9 Å². The average molecular weight is 459 g/mol. The van der Waals surface area contributed by atoms with Gasteiger partial charge >= 0.3 is 0 Å². The first-order chi connectivity index (χ1) is 10.1. The summed E-state index contributed by atoms with van der Waals surface area (Å²) >= 11 is 11.9. The number of amides is 1. The van der Waals surface area contributed by atoms with Crippen molar-refractivity contribution < 1.29 is 4.79 Å². The zero-order chi connectivity index (χ0) is 15.7. The van der Waals surface area contributed by atoms with Gasteiger partial charge in [0, 0.05) is 30.2 Å². The van der Waals surface area contributed by atoms with Crippen molar-refractivity contribution in [2.24, 2.45) is 4.99 Å². The minimum atomic E-state index is -0.0654. The Labute approximate surface area is 158 Å². The summed E-state index contributed by atoms with van der Waals surface area (Å²) in [5.74, 6) is 0.469. The van der Waals surface area contributed by atoms with Crippen LogP contribution in [0.5, 0.6) is 0 Å². The van der Waals surface area contributed by atoms with Crippen molar-refractivity contribution in [1.82, 2.24) is 16.0 Å². The highest BCUT2D eigenvalue weighted by Gasteiger charge is 2.05. The zero-order valence-corrected chi connectivity index (χ0v) is 16.4. The first-order valence-corrected chi connectivity index (χ1v) is 7.47. The molecule has 0 radical (unpaired) electrons. The fraction of sp³-hybridized carbons (Fsp3) is 0.429. The van der Waals surface area contributed by atoms with Gasteiger partial charge in [0.15, 0.2) is 5.96 Å². The number of benzene rings is 1. The van der Waals surface area contributed by atoms with Crippen LogP contribution in [0.25, 0.3) is 0 Å². The van der Waals surface area contributed by atoms with E-state index in [1.54, 1.807) is 19.2 Å². The standard InChI is InChI=1S/C14H20Cl2N4O.HI/c1-3-6-18-13(21)9-20-14(17-2)19-8-10-4-5-11(15)7-12(10)16;/h4-5,7H,3,6,8-9H2,1-2H3,(H,18,21)(H2,17,19,20);1H. The monoisotopic (exact) mass is 458 g/mol. The third kappa shape index (κ3) is 8.05. The van der Waals surface area contributed by atoms with Gasteiger partial charge in [0.1, 0.15) is 0 Å². The molecule has 22 heavy (non-hydrogen) atoms. The van der Waals surface area contributed by atoms with Gasteiger partial charge in [-0.1, -0.05) is 36.2 Å². The quantitative estimate of drug-likeness (QED) is 0.349. The maximum Gasteiger partial charge on any atom is 0.239 e. The summed E-state index contributed by atoms with van der Waals surface area (Å²) in [7, 11) is 1.64. The Morgan fingerprint density at radius 1 is 1.23 bits per heavy atom. The van der Waals surface area contributed by atoms with Crippen molar-refractivity contribution in [2.75, 3.05) is 20.1 Å². The van der Waals surface area contributed by atoms with Gasteiger partial charge in [-0.2, -0.15) is 0 Å². The molecule has 0 aliphatic heterocycles. The van der Waals surface area contributed by atoms with Crippen molar-refractivity contribution in [3.63, 3.8) is 0 Å². The molecule has 8 heteroatoms. The molecule has 0 unspecified atom stereocenters. The molecule has 3 N–H and O–H groups in total. The summed E-state index contributed by atoms with van der Waals surface area (Å²) in [6.45, 7) is 3.34. The predicted octanol–water partition coefficient (Wildman–Crippen LogP) is 2.80. The second-order valence-corrected chi connectivity index (χ2v) is 5.21. The van der Waals surface area contributed by atoms with E-state index in [4.69, 9.17) is 23.2 Å². The lowest BCUT2D eigenvalue weighted by Gasteiger charge is -2.12. The Morgan fingerprint density at radius 3 is 2.55 bits per heavy atom. The summed E-state index contributed by atoms with van der Waals surface area (Å²) < 4.78 is 0. The number of carbonyl (C=O) groups excluding carboxylic acids is 1. The van der Waals surface area contributed by atoms with Crippen LogP contribution < -0.4 is 16.0 Å². The minimum absolute atomic E-state index is 0. The Balaban J connectivity index is 0.00000441. The molecule has 0 spiro atoms. The molecule has 0 aliphatic carbocycles. The van der Waals surface area contributed by atoms with E-state index in [-0.39, 0.29) is 36.4 Å². The van der Waals surface area contributed by atoms with Crippen LogP contribution in [0.3, 0.4) is 0 Å². The number of guanidine groups is 1. The lowest BCUT2D eigenvalue weighted by atomic mass is 10.2. The number of rotatable bonds is 6. The number of hydrogen-bond donors (Lipinski definition) is 3. The molecule has 0 heterocycles. The van der Waals surface area contributed by atoms with Gasteiger partial charge in [0.2, 0.25) is 5.91 Å². The van der Waals surface area contributed by atoms with Gasteiger partial charge < -0.3 is 16.0 Å². The first kappa shape index (κ1) is 21.3. The molecule has 5 nitrogen and oxygen atoms in total. The molecule has 0 atom stereocenters. The van der Waals surface area contributed by atoms with Crippen molar-refractivity contribution in [3.8, 4) is 0 Å². The molecule has 1 aromatic carbocycles. The Bertz CT molecular complexity index is 512. The van der Waals surface area contributed by atoms with E-state index in [2.05, 4.69) is 20.9 Å². The van der Waals surface area contributed by atoms with Gasteiger partial charge in [-0.3, -0.25) is 9.79 Å². The van der Waals surface area contributed by atoms with E-state index in [9.17, 15) is 4.79 Å². The van der Waals surface area contributed by atoms with Crippen molar-refractivity contribution >= 4 is 59.0 Å². The number of carbonyl (C=O) groups is 1. The summed E-state index contributed by atoms with van der Waals surface area (Å²) in [5, 5.41) is 9.99. The number of halogens is 3. The van der Waals surface area contributed by atoms with E-state index >= 15 is 0 Å². The fourth-order valence-electron chi connectivity index (χ4n) is 1.56. The zero-order valence-electron chi connectivity index (χ0n) is 12.6.